The molecule has 106 valence electrons. The van der Waals surface area contributed by atoms with Crippen molar-refractivity contribution in [3.05, 3.63) is 40.3 Å². The number of aliphatic carboxylic acids is 1. The summed E-state index contributed by atoms with van der Waals surface area (Å²) in [5.41, 5.74) is 3.51. The van der Waals surface area contributed by atoms with E-state index in [1.54, 1.807) is 0 Å². The maximum Gasteiger partial charge on any atom is 0.309 e. The first-order chi connectivity index (χ1) is 9.51. The van der Waals surface area contributed by atoms with Gasteiger partial charge < -0.3 is 10.1 Å². The summed E-state index contributed by atoms with van der Waals surface area (Å²) in [5.74, 6) is -0.355. The molecule has 0 amide bonds. The molecular weight excluding hydrogens is 320 g/mol. The molecule has 0 fully saturated rings. The quantitative estimate of drug-likeness (QED) is 0.867. The smallest absolute Gasteiger partial charge is 0.309 e. The van der Waals surface area contributed by atoms with Gasteiger partial charge in [-0.3, -0.25) is 4.79 Å². The summed E-state index contributed by atoms with van der Waals surface area (Å²) >= 11 is 3.26. The van der Waals surface area contributed by atoms with Crippen molar-refractivity contribution in [2.45, 2.75) is 32.6 Å². The molecule has 2 rings (SSSR count). The molecule has 5 heteroatoms. The van der Waals surface area contributed by atoms with Gasteiger partial charge in [0.25, 0.3) is 0 Å². The molecule has 0 saturated heterocycles. The van der Waals surface area contributed by atoms with Gasteiger partial charge in [0.1, 0.15) is 0 Å². The van der Waals surface area contributed by atoms with Gasteiger partial charge in [-0.2, -0.15) is 0 Å². The van der Waals surface area contributed by atoms with Crippen LogP contribution < -0.4 is 0 Å². The molecule has 0 spiro atoms. The first-order valence-electron chi connectivity index (χ1n) is 6.57. The molecule has 1 aromatic carbocycles. The summed E-state index contributed by atoms with van der Waals surface area (Å²) < 4.78 is 0.551. The molecule has 1 aromatic heterocycles. The van der Waals surface area contributed by atoms with E-state index in [2.05, 4.69) is 51.9 Å². The second-order valence-electron chi connectivity index (χ2n) is 4.86. The maximum atomic E-state index is 10.9. The summed E-state index contributed by atoms with van der Waals surface area (Å²) in [4.78, 5) is 18.2. The van der Waals surface area contributed by atoms with E-state index in [4.69, 9.17) is 5.11 Å². The Hall–Kier alpha value is -1.62. The number of halogens is 1. The largest absolute Gasteiger partial charge is 0.481 e. The number of hydrogen-bond donors (Lipinski definition) is 2. The Morgan fingerprint density at radius 3 is 2.60 bits per heavy atom. The third-order valence-electron chi connectivity index (χ3n) is 3.44. The van der Waals surface area contributed by atoms with Gasteiger partial charge in [-0.1, -0.05) is 38.1 Å². The highest BCUT2D eigenvalue weighted by Crippen LogP contribution is 2.26. The molecule has 1 unspecified atom stereocenters. The van der Waals surface area contributed by atoms with E-state index in [9.17, 15) is 4.79 Å². The molecule has 0 bridgehead atoms. The van der Waals surface area contributed by atoms with Gasteiger partial charge in [-0.05, 0) is 33.8 Å². The van der Waals surface area contributed by atoms with Gasteiger partial charge in [0, 0.05) is 5.56 Å². The van der Waals surface area contributed by atoms with Crippen LogP contribution in [0.3, 0.4) is 0 Å². The summed E-state index contributed by atoms with van der Waals surface area (Å²) in [6.07, 6.45) is 1.03. The lowest BCUT2D eigenvalue weighted by Gasteiger charge is -2.09. The van der Waals surface area contributed by atoms with Crippen molar-refractivity contribution in [2.75, 3.05) is 0 Å². The molecule has 1 atom stereocenters. The summed E-state index contributed by atoms with van der Waals surface area (Å²) in [6, 6.07) is 8.15. The standard InChI is InChI=1S/C15H17BrN2O2/c1-3-9(2)10-4-6-11(7-5-10)14-12(8-13(19)20)17-15(16)18-14/h4-7,9H,3,8H2,1-2H3,(H,17,18)(H,19,20). The first-order valence-corrected chi connectivity index (χ1v) is 7.37. The summed E-state index contributed by atoms with van der Waals surface area (Å²) in [6.45, 7) is 4.35. The van der Waals surface area contributed by atoms with Crippen molar-refractivity contribution >= 4 is 21.9 Å². The van der Waals surface area contributed by atoms with Crippen LogP contribution in [-0.4, -0.2) is 21.0 Å². The Bertz CT molecular complexity index is 605. The number of carboxylic acid groups (broad SMARTS) is 1. The van der Waals surface area contributed by atoms with Crippen LogP contribution in [0.4, 0.5) is 0 Å². The average Bonchev–Trinajstić information content (AvgIpc) is 2.78. The number of hydrogen-bond acceptors (Lipinski definition) is 2. The minimum atomic E-state index is -0.876. The van der Waals surface area contributed by atoms with Crippen molar-refractivity contribution in [1.29, 1.82) is 0 Å². The van der Waals surface area contributed by atoms with E-state index < -0.39 is 5.97 Å². The molecular formula is C15H17BrN2O2. The Morgan fingerprint density at radius 1 is 1.40 bits per heavy atom. The number of aromatic amines is 1. The van der Waals surface area contributed by atoms with Gasteiger partial charge in [0.15, 0.2) is 4.73 Å². The number of rotatable bonds is 5. The highest BCUT2D eigenvalue weighted by atomic mass is 79.9. The Morgan fingerprint density at radius 2 is 2.05 bits per heavy atom. The topological polar surface area (TPSA) is 66.0 Å². The van der Waals surface area contributed by atoms with Crippen molar-refractivity contribution in [3.63, 3.8) is 0 Å². The predicted molar refractivity (Wildman–Crippen MR) is 81.8 cm³/mol. The highest BCUT2D eigenvalue weighted by molar-refractivity contribution is 9.10. The van der Waals surface area contributed by atoms with E-state index in [-0.39, 0.29) is 6.42 Å². The third kappa shape index (κ3) is 3.28. The van der Waals surface area contributed by atoms with Gasteiger partial charge in [-0.15, -0.1) is 0 Å². The molecule has 0 radical (unpaired) electrons. The van der Waals surface area contributed by atoms with Crippen LogP contribution in [0, 0.1) is 0 Å². The second-order valence-corrected chi connectivity index (χ2v) is 5.61. The minimum Gasteiger partial charge on any atom is -0.481 e. The fourth-order valence-corrected chi connectivity index (χ4v) is 2.52. The normalized spacial score (nSPS) is 12.3. The minimum absolute atomic E-state index is 0.0684. The lowest BCUT2D eigenvalue weighted by molar-refractivity contribution is -0.136. The zero-order valence-corrected chi connectivity index (χ0v) is 13.1. The number of carbonyl (C=O) groups is 1. The van der Waals surface area contributed by atoms with Crippen molar-refractivity contribution in [1.82, 2.24) is 9.97 Å². The fraction of sp³-hybridized carbons (Fsp3) is 0.333. The SMILES string of the molecule is CCC(C)c1ccc(-c2nc(Br)[nH]c2CC(=O)O)cc1. The van der Waals surface area contributed by atoms with Crippen LogP contribution in [0.5, 0.6) is 0 Å². The van der Waals surface area contributed by atoms with Crippen LogP contribution in [0.1, 0.15) is 37.4 Å². The first kappa shape index (κ1) is 14.8. The number of H-pyrrole nitrogens is 1. The Balaban J connectivity index is 2.34. The number of nitrogens with one attached hydrogen (secondary N) is 1. The lowest BCUT2D eigenvalue weighted by atomic mass is 9.96. The van der Waals surface area contributed by atoms with Crippen molar-refractivity contribution in [2.24, 2.45) is 0 Å². The van der Waals surface area contributed by atoms with Crippen LogP contribution in [-0.2, 0) is 11.2 Å². The second kappa shape index (κ2) is 6.22. The van der Waals surface area contributed by atoms with Gasteiger partial charge in [0.05, 0.1) is 17.8 Å². The van der Waals surface area contributed by atoms with Gasteiger partial charge >= 0.3 is 5.97 Å². The van der Waals surface area contributed by atoms with Crippen molar-refractivity contribution < 1.29 is 9.90 Å². The molecule has 2 aromatic rings. The Labute approximate surface area is 126 Å². The summed E-state index contributed by atoms with van der Waals surface area (Å²) in [5, 5.41) is 8.93. The van der Waals surface area contributed by atoms with Crippen LogP contribution in [0.15, 0.2) is 29.0 Å². The van der Waals surface area contributed by atoms with E-state index in [1.165, 1.54) is 5.56 Å². The zero-order valence-electron chi connectivity index (χ0n) is 11.5. The zero-order chi connectivity index (χ0) is 14.7. The predicted octanol–water partition coefficient (Wildman–Crippen LogP) is 3.98. The molecule has 0 saturated carbocycles. The maximum absolute atomic E-state index is 10.9. The third-order valence-corrected chi connectivity index (χ3v) is 3.82. The van der Waals surface area contributed by atoms with E-state index in [0.717, 1.165) is 12.0 Å². The van der Waals surface area contributed by atoms with E-state index >= 15 is 0 Å². The summed E-state index contributed by atoms with van der Waals surface area (Å²) in [7, 11) is 0. The number of benzene rings is 1. The van der Waals surface area contributed by atoms with Gasteiger partial charge in [-0.25, -0.2) is 4.98 Å². The average molecular weight is 337 g/mol. The fourth-order valence-electron chi connectivity index (χ4n) is 2.10. The molecule has 20 heavy (non-hydrogen) atoms. The van der Waals surface area contributed by atoms with Crippen LogP contribution in [0.25, 0.3) is 11.3 Å². The van der Waals surface area contributed by atoms with Crippen LogP contribution >= 0.6 is 15.9 Å². The molecule has 0 aliphatic heterocycles. The molecule has 1 heterocycles. The van der Waals surface area contributed by atoms with Gasteiger partial charge in [0.2, 0.25) is 0 Å². The Kier molecular flexibility index (Phi) is 4.60. The highest BCUT2D eigenvalue weighted by Gasteiger charge is 2.14. The number of aromatic nitrogens is 2. The molecule has 0 aliphatic carbocycles. The van der Waals surface area contributed by atoms with E-state index in [0.29, 0.717) is 22.0 Å². The van der Waals surface area contributed by atoms with E-state index in [1.807, 2.05) is 12.1 Å². The molecule has 4 nitrogen and oxygen atoms in total. The lowest BCUT2D eigenvalue weighted by Crippen LogP contribution is -2.02. The number of imidazole rings is 1. The number of carboxylic acids is 1. The molecule has 0 aliphatic rings. The molecule has 2 N–H and O–H groups in total. The van der Waals surface area contributed by atoms with Crippen LogP contribution in [0.2, 0.25) is 0 Å². The van der Waals surface area contributed by atoms with Crippen molar-refractivity contribution in [3.8, 4) is 11.3 Å². The number of nitrogens with zero attached hydrogens (tertiary/aromatic N) is 1. The monoisotopic (exact) mass is 336 g/mol.